The number of rotatable bonds is 6. The lowest BCUT2D eigenvalue weighted by Crippen LogP contribution is -2.57. The first kappa shape index (κ1) is 23.5. The summed E-state index contributed by atoms with van der Waals surface area (Å²) in [5.74, 6) is -0.521. The molecule has 7 nitrogen and oxygen atoms in total. The largest absolute Gasteiger partial charge is 0.466 e. The van der Waals surface area contributed by atoms with Crippen LogP contribution in [-0.2, 0) is 39.6 Å². The van der Waals surface area contributed by atoms with Gasteiger partial charge in [-0.25, -0.2) is 4.79 Å². The van der Waals surface area contributed by atoms with Crippen LogP contribution >= 0.6 is 0 Å². The average molecular weight is 476 g/mol. The van der Waals surface area contributed by atoms with Crippen LogP contribution in [0.1, 0.15) is 47.3 Å². The Hall–Kier alpha value is -3.19. The third-order valence-electron chi connectivity index (χ3n) is 7.78. The van der Waals surface area contributed by atoms with Crippen LogP contribution in [0.5, 0.6) is 0 Å². The summed E-state index contributed by atoms with van der Waals surface area (Å²) in [5.41, 5.74) is 5.09. The highest BCUT2D eigenvalue weighted by atomic mass is 16.5. The molecule has 3 atom stereocenters. The minimum atomic E-state index is -0.408. The van der Waals surface area contributed by atoms with Gasteiger partial charge >= 0.3 is 11.9 Å². The molecule has 1 saturated heterocycles. The predicted molar refractivity (Wildman–Crippen MR) is 133 cm³/mol. The van der Waals surface area contributed by atoms with Crippen molar-refractivity contribution in [2.45, 2.75) is 44.6 Å². The molecule has 3 aromatic rings. The zero-order chi connectivity index (χ0) is 24.7. The smallest absolute Gasteiger partial charge is 0.339 e. The van der Waals surface area contributed by atoms with Gasteiger partial charge in [-0.05, 0) is 55.6 Å². The minimum Gasteiger partial charge on any atom is -0.466 e. The van der Waals surface area contributed by atoms with Crippen molar-refractivity contribution in [1.29, 1.82) is 0 Å². The summed E-state index contributed by atoms with van der Waals surface area (Å²) in [5, 5.41) is 1.39. The standard InChI is InChI=1S/C28H33N3O4/c1-5-34-25(32)10-18-9-20(14-29-13-18)27(33)35-17-19-12-28(2)22-7-6-8-23-26(22)21(16-30(23)3)11-24(28)31(4)15-19/h6-9,13-14,16,19,24H,5,10-12,15,17H2,1-4H3/t19-,24-,28-/m1/s1. The highest BCUT2D eigenvalue weighted by molar-refractivity contribution is 5.90. The summed E-state index contributed by atoms with van der Waals surface area (Å²) in [6.07, 6.45) is 7.42. The van der Waals surface area contributed by atoms with E-state index in [9.17, 15) is 9.59 Å². The number of carbonyl (C=O) groups excluding carboxylic acids is 2. The van der Waals surface area contributed by atoms with Crippen molar-refractivity contribution in [3.8, 4) is 0 Å². The number of pyridine rings is 1. The van der Waals surface area contributed by atoms with Crippen molar-refractivity contribution in [3.63, 3.8) is 0 Å². The number of hydrogen-bond donors (Lipinski definition) is 0. The Labute approximate surface area is 206 Å². The Morgan fingerprint density at radius 1 is 1.20 bits per heavy atom. The zero-order valence-corrected chi connectivity index (χ0v) is 20.9. The average Bonchev–Trinajstić information content (AvgIpc) is 3.15. The van der Waals surface area contributed by atoms with Gasteiger partial charge in [-0.15, -0.1) is 0 Å². The number of benzene rings is 1. The van der Waals surface area contributed by atoms with Crippen molar-refractivity contribution in [2.75, 3.05) is 26.8 Å². The molecule has 0 N–H and O–H groups in total. The van der Waals surface area contributed by atoms with Gasteiger partial charge in [0.05, 0.1) is 25.2 Å². The lowest BCUT2D eigenvalue weighted by atomic mass is 9.62. The van der Waals surface area contributed by atoms with Gasteiger partial charge in [0, 0.05) is 60.5 Å². The molecule has 7 heteroatoms. The molecule has 0 amide bonds. The maximum atomic E-state index is 12.8. The third kappa shape index (κ3) is 4.22. The Bertz CT molecular complexity index is 1280. The van der Waals surface area contributed by atoms with Crippen LogP contribution < -0.4 is 0 Å². The van der Waals surface area contributed by atoms with E-state index in [1.165, 1.54) is 28.2 Å². The molecule has 0 radical (unpaired) electrons. The summed E-state index contributed by atoms with van der Waals surface area (Å²) >= 11 is 0. The first-order valence-corrected chi connectivity index (χ1v) is 12.3. The fourth-order valence-corrected chi connectivity index (χ4v) is 6.33. The second kappa shape index (κ2) is 9.11. The van der Waals surface area contributed by atoms with Gasteiger partial charge in [-0.3, -0.25) is 9.78 Å². The number of likely N-dealkylation sites (N-methyl/N-ethyl adjacent to an activating group) is 1. The van der Waals surface area contributed by atoms with Crippen LogP contribution in [0.25, 0.3) is 10.9 Å². The lowest BCUT2D eigenvalue weighted by Gasteiger charge is -2.52. The fourth-order valence-electron chi connectivity index (χ4n) is 6.33. The van der Waals surface area contributed by atoms with E-state index in [-0.39, 0.29) is 23.7 Å². The first-order chi connectivity index (χ1) is 16.8. The summed E-state index contributed by atoms with van der Waals surface area (Å²) in [7, 11) is 4.31. The molecule has 0 spiro atoms. The van der Waals surface area contributed by atoms with Crippen LogP contribution in [0.3, 0.4) is 0 Å². The normalized spacial score (nSPS) is 23.7. The zero-order valence-electron chi connectivity index (χ0n) is 20.9. The van der Waals surface area contributed by atoms with Gasteiger partial charge in [0.15, 0.2) is 0 Å². The molecule has 35 heavy (non-hydrogen) atoms. The SMILES string of the molecule is CCOC(=O)Cc1cncc(C(=O)OC[C@H]2CN(C)[C@@H]3Cc4cn(C)c5cccc(c45)[C@@]3(C)C2)c1. The van der Waals surface area contributed by atoms with E-state index in [1.54, 1.807) is 19.2 Å². The highest BCUT2D eigenvalue weighted by Gasteiger charge is 2.48. The van der Waals surface area contributed by atoms with Crippen molar-refractivity contribution in [3.05, 3.63) is 65.1 Å². The Morgan fingerprint density at radius 2 is 2.03 bits per heavy atom. The summed E-state index contributed by atoms with van der Waals surface area (Å²) in [6.45, 7) is 5.69. The lowest BCUT2D eigenvalue weighted by molar-refractivity contribution is -0.142. The van der Waals surface area contributed by atoms with E-state index >= 15 is 0 Å². The molecule has 0 bridgehead atoms. The maximum absolute atomic E-state index is 12.8. The number of aryl methyl sites for hydroxylation is 1. The summed E-state index contributed by atoms with van der Waals surface area (Å²) < 4.78 is 13.0. The number of fused-ring (bicyclic) bond motifs is 2. The predicted octanol–water partition coefficient (Wildman–Crippen LogP) is 3.67. The number of likely N-dealkylation sites (tertiary alicyclic amines) is 1. The molecule has 1 aromatic carbocycles. The van der Waals surface area contributed by atoms with Crippen molar-refractivity contribution < 1.29 is 19.1 Å². The van der Waals surface area contributed by atoms with Crippen molar-refractivity contribution >= 4 is 22.8 Å². The highest BCUT2D eigenvalue weighted by Crippen LogP contribution is 2.49. The molecule has 1 aliphatic carbocycles. The Kier molecular flexibility index (Phi) is 6.13. The van der Waals surface area contributed by atoms with Crippen molar-refractivity contribution in [1.82, 2.24) is 14.5 Å². The summed E-state index contributed by atoms with van der Waals surface area (Å²) in [6, 6.07) is 8.71. The number of hydrogen-bond acceptors (Lipinski definition) is 6. The second-order valence-electron chi connectivity index (χ2n) is 10.3. The van der Waals surface area contributed by atoms with Gasteiger partial charge in [0.1, 0.15) is 0 Å². The van der Waals surface area contributed by atoms with Crippen LogP contribution in [-0.4, -0.2) is 59.2 Å². The molecule has 0 saturated carbocycles. The van der Waals surface area contributed by atoms with Gasteiger partial charge < -0.3 is 18.9 Å². The monoisotopic (exact) mass is 475 g/mol. The fraction of sp³-hybridized carbons (Fsp3) is 0.464. The molecule has 2 aromatic heterocycles. The molecule has 5 rings (SSSR count). The van der Waals surface area contributed by atoms with Gasteiger partial charge in [-0.1, -0.05) is 19.1 Å². The van der Waals surface area contributed by atoms with Crippen LogP contribution in [0.15, 0.2) is 42.9 Å². The van der Waals surface area contributed by atoms with E-state index in [0.717, 1.165) is 19.4 Å². The Morgan fingerprint density at radius 3 is 2.83 bits per heavy atom. The van der Waals surface area contributed by atoms with E-state index in [1.807, 2.05) is 0 Å². The van der Waals surface area contributed by atoms with Crippen LogP contribution in [0.4, 0.5) is 0 Å². The topological polar surface area (TPSA) is 73.7 Å². The number of ether oxygens (including phenoxy) is 2. The summed E-state index contributed by atoms with van der Waals surface area (Å²) in [4.78, 5) is 31.2. The molecular formula is C28H33N3O4. The number of piperidine rings is 1. The third-order valence-corrected chi connectivity index (χ3v) is 7.78. The quantitative estimate of drug-likeness (QED) is 0.507. The number of aromatic nitrogens is 2. The van der Waals surface area contributed by atoms with Gasteiger partial charge in [0.2, 0.25) is 0 Å². The van der Waals surface area contributed by atoms with Gasteiger partial charge in [-0.2, -0.15) is 0 Å². The molecule has 1 aliphatic heterocycles. The van der Waals surface area contributed by atoms with E-state index in [4.69, 9.17) is 9.47 Å². The number of nitrogens with zero attached hydrogens (tertiary/aromatic N) is 3. The van der Waals surface area contributed by atoms with Crippen LogP contribution in [0.2, 0.25) is 0 Å². The first-order valence-electron chi connectivity index (χ1n) is 12.3. The molecule has 2 aliphatic rings. The molecular weight excluding hydrogens is 442 g/mol. The van der Waals surface area contributed by atoms with E-state index in [0.29, 0.717) is 30.4 Å². The molecule has 1 fully saturated rings. The molecule has 184 valence electrons. The maximum Gasteiger partial charge on any atom is 0.339 e. The molecule has 3 heterocycles. The van der Waals surface area contributed by atoms with Gasteiger partial charge in [0.25, 0.3) is 0 Å². The van der Waals surface area contributed by atoms with E-state index < -0.39 is 5.97 Å². The molecule has 0 unspecified atom stereocenters. The van der Waals surface area contributed by atoms with E-state index in [2.05, 4.69) is 59.9 Å². The second-order valence-corrected chi connectivity index (χ2v) is 10.3. The minimum absolute atomic E-state index is 0.0148. The Balaban J connectivity index is 1.31. The van der Waals surface area contributed by atoms with Crippen molar-refractivity contribution in [2.24, 2.45) is 13.0 Å². The van der Waals surface area contributed by atoms with Crippen LogP contribution in [0, 0.1) is 5.92 Å². The number of esters is 2. The number of carbonyl (C=O) groups is 2.